The summed E-state index contributed by atoms with van der Waals surface area (Å²) in [5, 5.41) is 5.52. The van der Waals surface area contributed by atoms with Gasteiger partial charge in [0.15, 0.2) is 0 Å². The molecule has 1 aromatic rings. The van der Waals surface area contributed by atoms with E-state index in [-0.39, 0.29) is 0 Å². The largest absolute Gasteiger partial charge is 0.316 e. The maximum Gasteiger partial charge on any atom is 0.0701 e. The minimum absolute atomic E-state index is 0.863. The van der Waals surface area contributed by atoms with Gasteiger partial charge in [0.1, 0.15) is 0 Å². The summed E-state index contributed by atoms with van der Waals surface area (Å²) in [7, 11) is 2.20. The Kier molecular flexibility index (Phi) is 3.60. The first-order valence-electron chi connectivity index (χ1n) is 4.86. The van der Waals surface area contributed by atoms with Gasteiger partial charge in [0.2, 0.25) is 0 Å². The fourth-order valence-electron chi connectivity index (χ4n) is 1.72. The van der Waals surface area contributed by atoms with Gasteiger partial charge < -0.3 is 10.2 Å². The van der Waals surface area contributed by atoms with Crippen LogP contribution in [0.3, 0.4) is 0 Å². The molecule has 0 aromatic carbocycles. The van der Waals surface area contributed by atoms with Crippen LogP contribution < -0.4 is 5.32 Å². The molecule has 78 valence electrons. The van der Waals surface area contributed by atoms with E-state index in [1.54, 1.807) is 11.3 Å². The van der Waals surface area contributed by atoms with Crippen LogP contribution >= 0.6 is 27.3 Å². The second-order valence-corrected chi connectivity index (χ2v) is 6.27. The average molecular weight is 275 g/mol. The van der Waals surface area contributed by atoms with Crippen LogP contribution in [0.25, 0.3) is 0 Å². The van der Waals surface area contributed by atoms with Crippen LogP contribution in [0.15, 0.2) is 15.2 Å². The maximum atomic E-state index is 3.49. The Morgan fingerprint density at radius 2 is 2.43 bits per heavy atom. The van der Waals surface area contributed by atoms with Crippen LogP contribution in [0.4, 0.5) is 0 Å². The monoisotopic (exact) mass is 274 g/mol. The van der Waals surface area contributed by atoms with Crippen LogP contribution in [0, 0.1) is 5.92 Å². The van der Waals surface area contributed by atoms with Gasteiger partial charge >= 0.3 is 0 Å². The lowest BCUT2D eigenvalue weighted by atomic mass is 10.0. The van der Waals surface area contributed by atoms with Crippen molar-refractivity contribution in [3.63, 3.8) is 0 Å². The molecular formula is C10H15BrN2S. The highest BCUT2D eigenvalue weighted by atomic mass is 79.9. The van der Waals surface area contributed by atoms with Crippen molar-refractivity contribution in [1.29, 1.82) is 0 Å². The van der Waals surface area contributed by atoms with Crippen molar-refractivity contribution >= 4 is 27.3 Å². The van der Waals surface area contributed by atoms with E-state index in [0.717, 1.165) is 12.5 Å². The van der Waals surface area contributed by atoms with E-state index in [4.69, 9.17) is 0 Å². The van der Waals surface area contributed by atoms with Crippen molar-refractivity contribution in [3.8, 4) is 0 Å². The lowest BCUT2D eigenvalue weighted by Gasteiger charge is -2.31. The van der Waals surface area contributed by atoms with E-state index >= 15 is 0 Å². The molecule has 1 aromatic heterocycles. The van der Waals surface area contributed by atoms with Gasteiger partial charge in [0, 0.05) is 26.2 Å². The molecule has 1 aliphatic rings. The van der Waals surface area contributed by atoms with E-state index in [9.17, 15) is 0 Å². The predicted octanol–water partition coefficient (Wildman–Crippen LogP) is 2.16. The normalized spacial score (nSPS) is 17.4. The molecule has 1 N–H and O–H groups in total. The molecule has 2 heterocycles. The summed E-state index contributed by atoms with van der Waals surface area (Å²) in [6.45, 7) is 4.66. The zero-order valence-corrected chi connectivity index (χ0v) is 10.7. The van der Waals surface area contributed by atoms with Crippen LogP contribution in [0.5, 0.6) is 0 Å². The quantitative estimate of drug-likeness (QED) is 0.906. The molecule has 1 fully saturated rings. The first-order valence-corrected chi connectivity index (χ1v) is 6.53. The van der Waals surface area contributed by atoms with Crippen molar-refractivity contribution in [2.75, 3.05) is 26.7 Å². The van der Waals surface area contributed by atoms with E-state index < -0.39 is 0 Å². The molecule has 2 rings (SSSR count). The second-order valence-electron chi connectivity index (χ2n) is 3.98. The Hall–Kier alpha value is 0.1000. The first kappa shape index (κ1) is 10.6. The van der Waals surface area contributed by atoms with Gasteiger partial charge in [0.25, 0.3) is 0 Å². The summed E-state index contributed by atoms with van der Waals surface area (Å²) in [4.78, 5) is 2.40. The van der Waals surface area contributed by atoms with Crippen LogP contribution in [0.1, 0.15) is 5.56 Å². The Morgan fingerprint density at radius 3 is 2.93 bits per heavy atom. The van der Waals surface area contributed by atoms with E-state index in [1.165, 1.54) is 29.0 Å². The molecule has 14 heavy (non-hydrogen) atoms. The molecule has 1 saturated heterocycles. The number of nitrogens with one attached hydrogen (secondary N) is 1. The molecule has 0 aliphatic carbocycles. The van der Waals surface area contributed by atoms with Crippen molar-refractivity contribution in [2.24, 2.45) is 5.92 Å². The molecule has 2 nitrogen and oxygen atoms in total. The third-order valence-corrected chi connectivity index (χ3v) is 4.06. The van der Waals surface area contributed by atoms with E-state index in [0.29, 0.717) is 0 Å². The Bertz CT molecular complexity index is 296. The summed E-state index contributed by atoms with van der Waals surface area (Å²) in [6, 6.07) is 2.21. The smallest absolute Gasteiger partial charge is 0.0701 e. The van der Waals surface area contributed by atoms with Gasteiger partial charge in [-0.3, -0.25) is 0 Å². The minimum Gasteiger partial charge on any atom is -0.316 e. The third kappa shape index (κ3) is 2.79. The third-order valence-electron chi connectivity index (χ3n) is 2.51. The van der Waals surface area contributed by atoms with Gasteiger partial charge in [-0.25, -0.2) is 0 Å². The Morgan fingerprint density at radius 1 is 1.64 bits per heavy atom. The number of thiophene rings is 1. The first-order chi connectivity index (χ1) is 6.74. The summed E-state index contributed by atoms with van der Waals surface area (Å²) < 4.78 is 1.23. The standard InChI is InChI=1S/C10H15BrN2S/c1-13(6-9-3-12-4-9)5-8-2-10(11)14-7-8/h2,7,9,12H,3-6H2,1H3. The number of hydrogen-bond donors (Lipinski definition) is 1. The number of rotatable bonds is 4. The summed E-state index contributed by atoms with van der Waals surface area (Å²) in [6.07, 6.45) is 0. The van der Waals surface area contributed by atoms with Gasteiger partial charge in [0.05, 0.1) is 3.79 Å². The molecule has 0 amide bonds. The lowest BCUT2D eigenvalue weighted by Crippen LogP contribution is -2.47. The zero-order chi connectivity index (χ0) is 9.97. The highest BCUT2D eigenvalue weighted by Gasteiger charge is 2.18. The second kappa shape index (κ2) is 4.75. The fourth-order valence-corrected chi connectivity index (χ4v) is 2.92. The summed E-state index contributed by atoms with van der Waals surface area (Å²) in [5.41, 5.74) is 1.41. The molecule has 0 saturated carbocycles. The molecule has 0 unspecified atom stereocenters. The molecule has 0 bridgehead atoms. The zero-order valence-electron chi connectivity index (χ0n) is 8.29. The van der Waals surface area contributed by atoms with E-state index in [2.05, 4.69) is 44.6 Å². The van der Waals surface area contributed by atoms with Crippen molar-refractivity contribution in [1.82, 2.24) is 10.2 Å². The lowest BCUT2D eigenvalue weighted by molar-refractivity contribution is 0.219. The minimum atomic E-state index is 0.863. The van der Waals surface area contributed by atoms with E-state index in [1.807, 2.05) is 0 Å². The Balaban J connectivity index is 1.78. The average Bonchev–Trinajstić information content (AvgIpc) is 2.44. The molecular weight excluding hydrogens is 260 g/mol. The topological polar surface area (TPSA) is 15.3 Å². The predicted molar refractivity (Wildman–Crippen MR) is 64.7 cm³/mol. The highest BCUT2D eigenvalue weighted by molar-refractivity contribution is 9.11. The number of nitrogens with zero attached hydrogens (tertiary/aromatic N) is 1. The number of halogens is 1. The summed E-state index contributed by atoms with van der Waals surface area (Å²) >= 11 is 5.25. The van der Waals surface area contributed by atoms with Gasteiger partial charge in [-0.1, -0.05) is 0 Å². The maximum absolute atomic E-state index is 3.49. The van der Waals surface area contributed by atoms with Crippen molar-refractivity contribution < 1.29 is 0 Å². The Labute approximate surface area is 97.4 Å². The van der Waals surface area contributed by atoms with Crippen molar-refractivity contribution in [3.05, 3.63) is 20.8 Å². The molecule has 0 atom stereocenters. The molecule has 0 radical (unpaired) electrons. The number of hydrogen-bond acceptors (Lipinski definition) is 3. The molecule has 0 spiro atoms. The fraction of sp³-hybridized carbons (Fsp3) is 0.600. The van der Waals surface area contributed by atoms with Crippen LogP contribution in [0.2, 0.25) is 0 Å². The SMILES string of the molecule is CN(Cc1csc(Br)c1)CC1CNC1. The molecule has 1 aliphatic heterocycles. The van der Waals surface area contributed by atoms with Gasteiger partial charge in [-0.2, -0.15) is 0 Å². The van der Waals surface area contributed by atoms with Gasteiger partial charge in [-0.05, 0) is 45.9 Å². The highest BCUT2D eigenvalue weighted by Crippen LogP contribution is 2.21. The van der Waals surface area contributed by atoms with Gasteiger partial charge in [-0.15, -0.1) is 11.3 Å². The van der Waals surface area contributed by atoms with Crippen LogP contribution in [-0.4, -0.2) is 31.6 Å². The van der Waals surface area contributed by atoms with Crippen molar-refractivity contribution in [2.45, 2.75) is 6.54 Å². The van der Waals surface area contributed by atoms with Crippen LogP contribution in [-0.2, 0) is 6.54 Å². The molecule has 4 heteroatoms. The summed E-state index contributed by atoms with van der Waals surface area (Å²) in [5.74, 6) is 0.863.